The zero-order chi connectivity index (χ0) is 35.6. The number of nitrogens with zero attached hydrogens (tertiary/aromatic N) is 2. The molecule has 0 spiro atoms. The summed E-state index contributed by atoms with van der Waals surface area (Å²) < 4.78 is 14.9. The van der Waals surface area contributed by atoms with Crippen molar-refractivity contribution in [2.45, 2.75) is 54.2 Å². The van der Waals surface area contributed by atoms with Crippen LogP contribution in [-0.2, 0) is 36.9 Å². The van der Waals surface area contributed by atoms with Gasteiger partial charge in [-0.2, -0.15) is 0 Å². The molecule has 0 aromatic heterocycles. The molecule has 3 aliphatic heterocycles. The number of β-lactam (4-membered cyclic amide) rings is 1. The van der Waals surface area contributed by atoms with Crippen LogP contribution >= 0.6 is 11.8 Å². The highest BCUT2D eigenvalue weighted by Crippen LogP contribution is 2.57. The third-order valence-electron chi connectivity index (χ3n) is 8.93. The number of carbonyl (C=O) groups is 5. The highest BCUT2D eigenvalue weighted by Gasteiger charge is 2.74. The number of amides is 4. The number of aryl methyl sites for hydroxylation is 1. The summed E-state index contributed by atoms with van der Waals surface area (Å²) in [4.78, 5) is 76.7. The predicted molar refractivity (Wildman–Crippen MR) is 175 cm³/mol. The van der Waals surface area contributed by atoms with Gasteiger partial charge in [0.1, 0.15) is 24.1 Å². The molecular weight excluding hydrogens is 674 g/mol. The zero-order valence-corrected chi connectivity index (χ0v) is 27.2. The minimum Gasteiger partial charge on any atom is -0.478 e. The predicted octanol–water partition coefficient (Wildman–Crippen LogP) is 2.61. The number of hydrogen-bond acceptors (Lipinski definition) is 11. The number of non-ortho nitro benzene ring substituents is 1. The van der Waals surface area contributed by atoms with E-state index in [2.05, 4.69) is 16.0 Å². The number of alkyl carbamates (subject to hydrolysis) is 1. The molecule has 3 aromatic carbocycles. The minimum atomic E-state index is -2.10. The first kappa shape index (κ1) is 34.0. The van der Waals surface area contributed by atoms with E-state index in [4.69, 9.17) is 14.2 Å². The maximum atomic E-state index is 13.9. The number of nitro groups is 1. The third-order valence-corrected chi connectivity index (χ3v) is 10.7. The molecule has 0 aliphatic carbocycles. The molecule has 2 unspecified atom stereocenters. The van der Waals surface area contributed by atoms with E-state index in [0.29, 0.717) is 23.5 Å². The van der Waals surface area contributed by atoms with Crippen LogP contribution in [0.1, 0.15) is 36.1 Å². The molecule has 3 aromatic rings. The van der Waals surface area contributed by atoms with E-state index in [1.165, 1.54) is 36.4 Å². The van der Waals surface area contributed by atoms with Crippen LogP contribution in [0.4, 0.5) is 10.5 Å². The molecule has 4 N–H and O–H groups in total. The monoisotopic (exact) mass is 705 g/mol. The van der Waals surface area contributed by atoms with Gasteiger partial charge in [-0.1, -0.05) is 36.4 Å². The first-order valence-corrected chi connectivity index (χ1v) is 16.2. The van der Waals surface area contributed by atoms with Gasteiger partial charge in [0.2, 0.25) is 24.8 Å². The molecular formula is C33H31N5O11S. The molecule has 2 fully saturated rings. The van der Waals surface area contributed by atoms with Crippen LogP contribution in [0.5, 0.6) is 11.5 Å². The molecule has 16 nitrogen and oxygen atoms in total. The summed E-state index contributed by atoms with van der Waals surface area (Å²) in [5, 5.41) is 28.1. The van der Waals surface area contributed by atoms with E-state index in [1.54, 1.807) is 13.0 Å². The first-order chi connectivity index (χ1) is 24.0. The Hall–Kier alpha value is -5.84. The van der Waals surface area contributed by atoms with Gasteiger partial charge in [-0.15, -0.1) is 11.8 Å². The molecule has 260 valence electrons. The maximum Gasteiger partial charge on any atom is 0.408 e. The number of thioether (sulfide) groups is 1. The van der Waals surface area contributed by atoms with E-state index in [9.17, 15) is 39.2 Å². The number of ether oxygens (including phenoxy) is 3. The summed E-state index contributed by atoms with van der Waals surface area (Å²) in [6.07, 6.45) is -0.0491. The Balaban J connectivity index is 1.21. The number of carboxylic acids is 1. The summed E-state index contributed by atoms with van der Waals surface area (Å²) in [5.41, 5.74) is -0.593. The lowest BCUT2D eigenvalue weighted by Crippen LogP contribution is -2.80. The van der Waals surface area contributed by atoms with Crippen LogP contribution in [0.25, 0.3) is 0 Å². The standard InChI is InChI=1S/C33H31N5O11S/c1-32(14-13-19-5-3-2-4-6-19)33(30(42)43,34-17-39)37-28(41)26(29(37)50-32)35-27(40)25(21-9-12-23-24(15-21)49-18-48-23)36-31(44)47-16-20-7-10-22(11-8-20)38(45)46/h2-12,15,17,25-26,29H,13-14,16,18H2,1H3,(H,34,39)(H,35,40)(H,36,44)(H,42,43)/t25?,26-,29+,32?,33-/m0/s1. The lowest BCUT2D eigenvalue weighted by molar-refractivity contribution is -0.384. The molecule has 50 heavy (non-hydrogen) atoms. The van der Waals surface area contributed by atoms with Crippen molar-refractivity contribution >= 4 is 47.7 Å². The highest BCUT2D eigenvalue weighted by molar-refractivity contribution is 8.01. The van der Waals surface area contributed by atoms with Crippen LogP contribution in [-0.4, -0.2) is 73.8 Å². The van der Waals surface area contributed by atoms with Crippen LogP contribution < -0.4 is 25.4 Å². The van der Waals surface area contributed by atoms with E-state index in [0.717, 1.165) is 22.2 Å². The second-order valence-electron chi connectivity index (χ2n) is 11.9. The second-order valence-corrected chi connectivity index (χ2v) is 13.5. The van der Waals surface area contributed by atoms with Gasteiger partial charge < -0.3 is 35.3 Å². The number of aliphatic carboxylic acids is 1. The maximum absolute atomic E-state index is 13.9. The first-order valence-electron chi connectivity index (χ1n) is 15.3. The Morgan fingerprint density at radius 2 is 1.82 bits per heavy atom. The van der Waals surface area contributed by atoms with Crippen molar-refractivity contribution in [3.8, 4) is 11.5 Å². The molecule has 3 aliphatic rings. The summed E-state index contributed by atoms with van der Waals surface area (Å²) in [7, 11) is 0. The number of nitrogens with one attached hydrogen (secondary N) is 3. The lowest BCUT2D eigenvalue weighted by atomic mass is 9.83. The molecule has 17 heteroatoms. The summed E-state index contributed by atoms with van der Waals surface area (Å²) in [5.74, 6) is -2.23. The van der Waals surface area contributed by atoms with Gasteiger partial charge in [-0.3, -0.25) is 29.4 Å². The Morgan fingerprint density at radius 1 is 1.10 bits per heavy atom. The fraction of sp³-hybridized carbons (Fsp3) is 0.303. The van der Waals surface area contributed by atoms with Crippen LogP contribution in [0.15, 0.2) is 72.8 Å². The Morgan fingerprint density at radius 3 is 2.50 bits per heavy atom. The van der Waals surface area contributed by atoms with Crippen LogP contribution in [0.2, 0.25) is 0 Å². The van der Waals surface area contributed by atoms with Crippen LogP contribution in [0.3, 0.4) is 0 Å². The summed E-state index contributed by atoms with van der Waals surface area (Å²) in [6.45, 7) is 1.35. The Bertz CT molecular complexity index is 1850. The third kappa shape index (κ3) is 6.11. The summed E-state index contributed by atoms with van der Waals surface area (Å²) in [6, 6.07) is 16.7. The van der Waals surface area contributed by atoms with Gasteiger partial charge in [0.25, 0.3) is 11.6 Å². The van der Waals surface area contributed by atoms with E-state index >= 15 is 0 Å². The number of benzene rings is 3. The van der Waals surface area contributed by atoms with Crippen molar-refractivity contribution < 1.29 is 48.2 Å². The van der Waals surface area contributed by atoms with E-state index in [1.807, 2.05) is 30.3 Å². The summed E-state index contributed by atoms with van der Waals surface area (Å²) >= 11 is 1.15. The van der Waals surface area contributed by atoms with Crippen molar-refractivity contribution in [1.82, 2.24) is 20.9 Å². The van der Waals surface area contributed by atoms with Crippen molar-refractivity contribution in [3.63, 3.8) is 0 Å². The number of carbonyl (C=O) groups excluding carboxylic acids is 4. The lowest BCUT2D eigenvalue weighted by Gasteiger charge is -2.49. The Labute approximate surface area is 288 Å². The van der Waals surface area contributed by atoms with Crippen molar-refractivity contribution in [2.24, 2.45) is 0 Å². The fourth-order valence-corrected chi connectivity index (χ4v) is 8.15. The molecule has 0 bridgehead atoms. The zero-order valence-electron chi connectivity index (χ0n) is 26.4. The molecule has 4 amide bonds. The van der Waals surface area contributed by atoms with Crippen LogP contribution in [0, 0.1) is 10.1 Å². The van der Waals surface area contributed by atoms with Gasteiger partial charge in [-0.05, 0) is 60.7 Å². The Kier molecular flexibility index (Phi) is 9.25. The average molecular weight is 706 g/mol. The molecule has 3 heterocycles. The quantitative estimate of drug-likeness (QED) is 0.0874. The van der Waals surface area contributed by atoms with Gasteiger partial charge in [0.15, 0.2) is 11.5 Å². The molecule has 0 radical (unpaired) electrons. The molecule has 0 saturated carbocycles. The number of hydrogen-bond donors (Lipinski definition) is 4. The molecule has 2 saturated heterocycles. The smallest absolute Gasteiger partial charge is 0.408 e. The average Bonchev–Trinajstić information content (AvgIpc) is 3.67. The number of fused-ring (bicyclic) bond motifs is 2. The highest BCUT2D eigenvalue weighted by atomic mass is 32.2. The van der Waals surface area contributed by atoms with Gasteiger partial charge in [0, 0.05) is 12.1 Å². The largest absolute Gasteiger partial charge is 0.478 e. The van der Waals surface area contributed by atoms with Gasteiger partial charge in [-0.25, -0.2) is 9.59 Å². The second kappa shape index (κ2) is 13.6. The molecule has 5 atom stereocenters. The van der Waals surface area contributed by atoms with Crippen molar-refractivity contribution in [1.29, 1.82) is 0 Å². The minimum absolute atomic E-state index is 0.0468. The number of nitro benzene ring substituents is 1. The molecule has 6 rings (SSSR count). The SMILES string of the molecule is CC1(CCc2ccccc2)S[C@@H]2[C@@H](NC(=O)C(NC(=O)OCc3ccc([N+](=O)[O-])cc3)c3ccc4c(c3)OCO4)C(=O)N2[C@@]1(NC=O)C(=O)O. The number of rotatable bonds is 13. The van der Waals surface area contributed by atoms with E-state index in [-0.39, 0.29) is 37.5 Å². The van der Waals surface area contributed by atoms with Crippen molar-refractivity contribution in [2.75, 3.05) is 6.79 Å². The normalized spacial score (nSPS) is 23.5. The van der Waals surface area contributed by atoms with Crippen molar-refractivity contribution in [3.05, 3.63) is 99.6 Å². The van der Waals surface area contributed by atoms with Gasteiger partial charge in [0.05, 0.1) is 9.67 Å². The topological polar surface area (TPSA) is 216 Å². The number of carboxylic acid groups (broad SMARTS) is 1. The fourth-order valence-electron chi connectivity index (χ4n) is 6.30. The van der Waals surface area contributed by atoms with Gasteiger partial charge >= 0.3 is 12.1 Å². The van der Waals surface area contributed by atoms with E-state index < -0.39 is 56.7 Å².